The van der Waals surface area contributed by atoms with Gasteiger partial charge >= 0.3 is 18.1 Å². The summed E-state index contributed by atoms with van der Waals surface area (Å²) in [4.78, 5) is 55.8. The lowest BCUT2D eigenvalue weighted by Gasteiger charge is -2.38. The summed E-state index contributed by atoms with van der Waals surface area (Å²) in [5, 5.41) is 9.48. The van der Waals surface area contributed by atoms with Gasteiger partial charge in [0.05, 0.1) is 35.9 Å². The molecule has 1 atom stereocenters. The summed E-state index contributed by atoms with van der Waals surface area (Å²) in [5.41, 5.74) is -3.86. The zero-order chi connectivity index (χ0) is 24.8. The minimum absolute atomic E-state index is 0.00173. The molecule has 0 aliphatic carbocycles. The molecule has 0 spiro atoms. The van der Waals surface area contributed by atoms with E-state index in [1.807, 2.05) is 0 Å². The number of aromatic nitrogens is 1. The lowest BCUT2D eigenvalue weighted by molar-refractivity contribution is -0.161. The Hall–Kier alpha value is -3.80. The van der Waals surface area contributed by atoms with Crippen molar-refractivity contribution >= 4 is 45.3 Å². The minimum atomic E-state index is -4.66. The molecular formula is C22H15F3N2O6S. The Bertz CT molecular complexity index is 1350. The number of amides is 2. The molecule has 3 aromatic rings. The number of rotatable bonds is 5. The van der Waals surface area contributed by atoms with E-state index in [1.165, 1.54) is 36.4 Å². The van der Waals surface area contributed by atoms with Gasteiger partial charge in [0.2, 0.25) is 0 Å². The number of esters is 1. The summed E-state index contributed by atoms with van der Waals surface area (Å²) >= 11 is 0.845. The van der Waals surface area contributed by atoms with E-state index in [0.717, 1.165) is 24.5 Å². The summed E-state index contributed by atoms with van der Waals surface area (Å²) in [6.45, 7) is -0.555. The number of fused-ring (bicyclic) bond motifs is 2. The largest absolute Gasteiger partial charge is 0.481 e. The van der Waals surface area contributed by atoms with E-state index >= 15 is 0 Å². The van der Waals surface area contributed by atoms with Crippen molar-refractivity contribution in [1.82, 2.24) is 9.88 Å². The maximum Gasteiger partial charge on any atom is 0.418 e. The lowest BCUT2D eigenvalue weighted by atomic mass is 9.71. The molecule has 176 valence electrons. The third kappa shape index (κ3) is 3.59. The number of carbonyl (C=O) groups is 4. The quantitative estimate of drug-likeness (QED) is 0.330. The predicted molar refractivity (Wildman–Crippen MR) is 112 cm³/mol. The van der Waals surface area contributed by atoms with Gasteiger partial charge in [-0.1, -0.05) is 24.3 Å². The number of benzene rings is 2. The van der Waals surface area contributed by atoms with Crippen molar-refractivity contribution in [1.29, 1.82) is 0 Å². The van der Waals surface area contributed by atoms with Gasteiger partial charge in [-0.15, -0.1) is 11.3 Å². The number of alkyl halides is 3. The van der Waals surface area contributed by atoms with E-state index in [2.05, 4.69) is 4.98 Å². The Balaban J connectivity index is 1.85. The Morgan fingerprint density at radius 3 is 2.50 bits per heavy atom. The summed E-state index contributed by atoms with van der Waals surface area (Å²) < 4.78 is 45.0. The van der Waals surface area contributed by atoms with Crippen LogP contribution in [-0.4, -0.2) is 45.9 Å². The normalized spacial score (nSPS) is 18.2. The van der Waals surface area contributed by atoms with E-state index in [9.17, 15) is 37.5 Å². The van der Waals surface area contributed by atoms with Crippen LogP contribution in [0.1, 0.15) is 32.9 Å². The van der Waals surface area contributed by atoms with Crippen LogP contribution in [0.3, 0.4) is 0 Å². The molecule has 0 saturated heterocycles. The van der Waals surface area contributed by atoms with Crippen LogP contribution < -0.4 is 0 Å². The van der Waals surface area contributed by atoms with Gasteiger partial charge in [0, 0.05) is 5.56 Å². The molecule has 8 nitrogen and oxygen atoms in total. The van der Waals surface area contributed by atoms with Gasteiger partial charge in [-0.2, -0.15) is 13.2 Å². The molecule has 2 aromatic carbocycles. The van der Waals surface area contributed by atoms with Crippen molar-refractivity contribution in [3.05, 3.63) is 64.2 Å². The van der Waals surface area contributed by atoms with Crippen LogP contribution in [0.2, 0.25) is 0 Å². The molecule has 2 heterocycles. The molecule has 12 heteroatoms. The first kappa shape index (κ1) is 23.4. The standard InChI is InChI=1S/C22H15F3N2O6S/c1-33-20(32)21(9-16(28)29)12-6-3-2-5-11(12)18(30)27(19(21)31)10-15-26-17-13(22(23,24)25)7-4-8-14(17)34-15/h2-8H,9-10H2,1H3,(H,28,29). The number of carbonyl (C=O) groups excluding carboxylic acids is 3. The fourth-order valence-corrected chi connectivity index (χ4v) is 5.02. The Kier molecular flexibility index (Phi) is 5.64. The summed E-state index contributed by atoms with van der Waals surface area (Å²) in [5.74, 6) is -4.65. The Morgan fingerprint density at radius 1 is 1.15 bits per heavy atom. The van der Waals surface area contributed by atoms with Gasteiger partial charge in [-0.3, -0.25) is 24.1 Å². The van der Waals surface area contributed by atoms with Crippen molar-refractivity contribution < 1.29 is 42.2 Å². The maximum atomic E-state index is 13.5. The van der Waals surface area contributed by atoms with Gasteiger partial charge in [0.25, 0.3) is 11.8 Å². The van der Waals surface area contributed by atoms with Gasteiger partial charge < -0.3 is 9.84 Å². The number of halogens is 3. The zero-order valence-corrected chi connectivity index (χ0v) is 18.2. The van der Waals surface area contributed by atoms with Gasteiger partial charge in [0.1, 0.15) is 5.01 Å². The molecule has 2 amide bonds. The van der Waals surface area contributed by atoms with E-state index < -0.39 is 53.9 Å². The molecule has 0 radical (unpaired) electrons. The van der Waals surface area contributed by atoms with Gasteiger partial charge in [-0.25, -0.2) is 4.98 Å². The van der Waals surface area contributed by atoms with E-state index in [1.54, 1.807) is 0 Å². The fraction of sp³-hybridized carbons (Fsp3) is 0.227. The van der Waals surface area contributed by atoms with E-state index in [4.69, 9.17) is 4.74 Å². The fourth-order valence-electron chi connectivity index (χ4n) is 4.04. The highest BCUT2D eigenvalue weighted by molar-refractivity contribution is 7.18. The molecular weight excluding hydrogens is 477 g/mol. The number of ether oxygens (including phenoxy) is 1. The maximum absolute atomic E-state index is 13.5. The number of para-hydroxylation sites is 1. The number of carboxylic acid groups (broad SMARTS) is 1. The van der Waals surface area contributed by atoms with E-state index in [0.29, 0.717) is 4.90 Å². The van der Waals surface area contributed by atoms with E-state index in [-0.39, 0.29) is 26.4 Å². The molecule has 1 aliphatic heterocycles. The molecule has 1 N–H and O–H groups in total. The molecule has 1 aliphatic rings. The average molecular weight is 492 g/mol. The SMILES string of the molecule is COC(=O)C1(CC(=O)O)C(=O)N(Cc2nc3c(C(F)(F)F)cccc3s2)C(=O)c2ccccc21. The molecule has 1 aromatic heterocycles. The highest BCUT2D eigenvalue weighted by atomic mass is 32.1. The second-order valence-electron chi connectivity index (χ2n) is 7.47. The topological polar surface area (TPSA) is 114 Å². The van der Waals surface area contributed by atoms with Crippen molar-refractivity contribution in [2.75, 3.05) is 7.11 Å². The van der Waals surface area contributed by atoms with Crippen LogP contribution in [-0.2, 0) is 37.3 Å². The monoisotopic (exact) mass is 492 g/mol. The minimum Gasteiger partial charge on any atom is -0.481 e. The highest BCUT2D eigenvalue weighted by Crippen LogP contribution is 2.41. The number of hydrogen-bond donors (Lipinski definition) is 1. The number of thiazole rings is 1. The third-order valence-electron chi connectivity index (χ3n) is 5.48. The number of aliphatic carboxylic acids is 1. The van der Waals surface area contributed by atoms with Crippen LogP contribution in [0.15, 0.2) is 42.5 Å². The van der Waals surface area contributed by atoms with Crippen LogP contribution >= 0.6 is 11.3 Å². The molecule has 1 unspecified atom stereocenters. The highest BCUT2D eigenvalue weighted by Gasteiger charge is 2.58. The summed E-state index contributed by atoms with van der Waals surface area (Å²) in [6.07, 6.45) is -5.65. The molecule has 0 saturated carbocycles. The summed E-state index contributed by atoms with van der Waals surface area (Å²) in [6, 6.07) is 9.06. The van der Waals surface area contributed by atoms with Crippen LogP contribution in [0.4, 0.5) is 13.2 Å². The number of methoxy groups -OCH3 is 1. The second kappa shape index (κ2) is 8.20. The number of carboxylic acids is 1. The first-order valence-electron chi connectivity index (χ1n) is 9.72. The average Bonchev–Trinajstić information content (AvgIpc) is 3.20. The first-order valence-corrected chi connectivity index (χ1v) is 10.5. The van der Waals surface area contributed by atoms with Crippen molar-refractivity contribution in [3.63, 3.8) is 0 Å². The van der Waals surface area contributed by atoms with Crippen molar-refractivity contribution in [3.8, 4) is 0 Å². The number of imide groups is 1. The second-order valence-corrected chi connectivity index (χ2v) is 8.58. The predicted octanol–water partition coefficient (Wildman–Crippen LogP) is 3.38. The van der Waals surface area contributed by atoms with Gasteiger partial charge in [0.15, 0.2) is 5.41 Å². The summed E-state index contributed by atoms with van der Waals surface area (Å²) in [7, 11) is 0.981. The van der Waals surface area contributed by atoms with Crippen LogP contribution in [0.25, 0.3) is 10.2 Å². The first-order chi connectivity index (χ1) is 16.0. The lowest BCUT2D eigenvalue weighted by Crippen LogP contribution is -2.58. The van der Waals surface area contributed by atoms with Gasteiger partial charge in [-0.05, 0) is 23.8 Å². The van der Waals surface area contributed by atoms with Crippen LogP contribution in [0.5, 0.6) is 0 Å². The molecule has 4 rings (SSSR count). The Labute approximate surface area is 193 Å². The van der Waals surface area contributed by atoms with Crippen LogP contribution in [0, 0.1) is 0 Å². The number of hydrogen-bond acceptors (Lipinski definition) is 7. The van der Waals surface area contributed by atoms with Crippen molar-refractivity contribution in [2.24, 2.45) is 0 Å². The molecule has 34 heavy (non-hydrogen) atoms. The molecule has 0 bridgehead atoms. The smallest absolute Gasteiger partial charge is 0.418 e. The third-order valence-corrected chi connectivity index (χ3v) is 6.49. The zero-order valence-electron chi connectivity index (χ0n) is 17.4. The molecule has 0 fully saturated rings. The number of nitrogens with zero attached hydrogens (tertiary/aromatic N) is 2. The Morgan fingerprint density at radius 2 is 1.85 bits per heavy atom. The van der Waals surface area contributed by atoms with Crippen molar-refractivity contribution in [2.45, 2.75) is 24.6 Å².